The lowest BCUT2D eigenvalue weighted by Crippen LogP contribution is -1.99. The number of nitrogens with one attached hydrogen (secondary N) is 1. The fourth-order valence-corrected chi connectivity index (χ4v) is 3.52. The number of fused-ring (bicyclic) bond motifs is 1. The highest BCUT2D eigenvalue weighted by atomic mass is 32.1. The Kier molecular flexibility index (Phi) is 4.09. The fourth-order valence-electron chi connectivity index (χ4n) is 2.52. The Bertz CT molecular complexity index is 874. The number of ether oxygens (including phenoxy) is 2. The molecule has 5 nitrogen and oxygen atoms in total. The Morgan fingerprint density at radius 2 is 1.70 bits per heavy atom. The number of aromatic nitrogens is 2. The van der Waals surface area contributed by atoms with Gasteiger partial charge in [0.05, 0.1) is 19.6 Å². The lowest BCUT2D eigenvalue weighted by atomic mass is 10.1. The molecule has 3 rings (SSSR count). The van der Waals surface area contributed by atoms with Crippen LogP contribution in [-0.2, 0) is 0 Å². The van der Waals surface area contributed by atoms with E-state index in [0.717, 1.165) is 27.3 Å². The molecule has 1 aromatic carbocycles. The first-order valence-corrected chi connectivity index (χ1v) is 8.07. The van der Waals surface area contributed by atoms with E-state index in [1.165, 1.54) is 10.4 Å². The molecule has 1 N–H and O–H groups in total. The van der Waals surface area contributed by atoms with Crippen molar-refractivity contribution in [1.82, 2.24) is 9.97 Å². The molecule has 0 saturated heterocycles. The molecular weight excluding hydrogens is 310 g/mol. The molecule has 0 atom stereocenters. The summed E-state index contributed by atoms with van der Waals surface area (Å²) in [5.74, 6) is 2.21. The summed E-state index contributed by atoms with van der Waals surface area (Å²) in [6, 6.07) is 3.88. The molecule has 0 fully saturated rings. The van der Waals surface area contributed by atoms with Crippen LogP contribution in [0.4, 0.5) is 11.5 Å². The van der Waals surface area contributed by atoms with Gasteiger partial charge in [0.1, 0.15) is 17.0 Å². The van der Waals surface area contributed by atoms with Gasteiger partial charge in [-0.25, -0.2) is 9.97 Å². The highest BCUT2D eigenvalue weighted by Gasteiger charge is 2.14. The van der Waals surface area contributed by atoms with Crippen LogP contribution in [0.2, 0.25) is 0 Å². The Hall–Kier alpha value is -2.34. The summed E-state index contributed by atoms with van der Waals surface area (Å²) in [7, 11) is 3.27. The lowest BCUT2D eigenvalue weighted by molar-refractivity contribution is 0.355. The molecule has 0 unspecified atom stereocenters. The highest BCUT2D eigenvalue weighted by molar-refractivity contribution is 7.18. The van der Waals surface area contributed by atoms with E-state index in [0.29, 0.717) is 11.5 Å². The van der Waals surface area contributed by atoms with E-state index in [1.807, 2.05) is 19.1 Å². The average Bonchev–Trinajstić information content (AvgIpc) is 2.84. The van der Waals surface area contributed by atoms with E-state index in [-0.39, 0.29) is 0 Å². The molecule has 0 aliphatic heterocycles. The largest absolute Gasteiger partial charge is 0.493 e. The maximum absolute atomic E-state index is 5.39. The number of nitrogens with zero attached hydrogens (tertiary/aromatic N) is 2. The topological polar surface area (TPSA) is 56.3 Å². The Morgan fingerprint density at radius 1 is 1.00 bits per heavy atom. The van der Waals surface area contributed by atoms with Crippen molar-refractivity contribution in [3.63, 3.8) is 0 Å². The van der Waals surface area contributed by atoms with Crippen molar-refractivity contribution >= 4 is 33.1 Å². The minimum Gasteiger partial charge on any atom is -0.493 e. The summed E-state index contributed by atoms with van der Waals surface area (Å²) in [5.41, 5.74) is 3.20. The van der Waals surface area contributed by atoms with E-state index in [4.69, 9.17) is 9.47 Å². The standard InChI is InChI=1S/C17H19N3O2S/c1-9-6-13(21-4)14(22-5)7-12(9)20-16-15-10(2)11(3)23-17(15)19-8-18-16/h6-8H,1-5H3,(H,18,19,20). The van der Waals surface area contributed by atoms with Crippen molar-refractivity contribution in [2.45, 2.75) is 20.8 Å². The van der Waals surface area contributed by atoms with Gasteiger partial charge >= 0.3 is 0 Å². The van der Waals surface area contributed by atoms with Gasteiger partial charge < -0.3 is 14.8 Å². The number of anilines is 2. The van der Waals surface area contributed by atoms with Crippen molar-refractivity contribution in [3.05, 3.63) is 34.5 Å². The predicted octanol–water partition coefficient (Wildman–Crippen LogP) is 4.38. The zero-order valence-corrected chi connectivity index (χ0v) is 14.7. The molecule has 2 heterocycles. The van der Waals surface area contributed by atoms with Gasteiger partial charge in [0.25, 0.3) is 0 Å². The minimum atomic E-state index is 0.684. The van der Waals surface area contributed by atoms with Crippen molar-refractivity contribution in [3.8, 4) is 11.5 Å². The number of hydrogen-bond acceptors (Lipinski definition) is 6. The first-order chi connectivity index (χ1) is 11.0. The molecule has 6 heteroatoms. The molecule has 0 saturated carbocycles. The van der Waals surface area contributed by atoms with Crippen LogP contribution in [0.1, 0.15) is 16.0 Å². The number of benzene rings is 1. The number of aryl methyl sites for hydroxylation is 3. The normalized spacial score (nSPS) is 10.8. The summed E-state index contributed by atoms with van der Waals surface area (Å²) in [6.45, 7) is 6.23. The van der Waals surface area contributed by atoms with Gasteiger partial charge in [-0.3, -0.25) is 0 Å². The molecule has 23 heavy (non-hydrogen) atoms. The van der Waals surface area contributed by atoms with Crippen LogP contribution >= 0.6 is 11.3 Å². The SMILES string of the molecule is COc1cc(C)c(Nc2ncnc3sc(C)c(C)c23)cc1OC. The van der Waals surface area contributed by atoms with Crippen LogP contribution in [0, 0.1) is 20.8 Å². The maximum Gasteiger partial charge on any atom is 0.162 e. The second-order valence-electron chi connectivity index (χ2n) is 5.33. The summed E-state index contributed by atoms with van der Waals surface area (Å²) >= 11 is 1.69. The first-order valence-electron chi connectivity index (χ1n) is 7.25. The second-order valence-corrected chi connectivity index (χ2v) is 6.54. The summed E-state index contributed by atoms with van der Waals surface area (Å²) in [4.78, 5) is 11.1. The van der Waals surface area contributed by atoms with E-state index < -0.39 is 0 Å². The second kappa shape index (κ2) is 6.04. The molecule has 0 aliphatic rings. The van der Waals surface area contributed by atoms with Gasteiger partial charge in [0, 0.05) is 16.6 Å². The van der Waals surface area contributed by atoms with Crippen LogP contribution < -0.4 is 14.8 Å². The third-order valence-corrected chi connectivity index (χ3v) is 5.06. The number of rotatable bonds is 4. The fraction of sp³-hybridized carbons (Fsp3) is 0.294. The Morgan fingerprint density at radius 3 is 2.39 bits per heavy atom. The lowest BCUT2D eigenvalue weighted by Gasteiger charge is -2.14. The minimum absolute atomic E-state index is 0.684. The van der Waals surface area contributed by atoms with Crippen LogP contribution in [0.15, 0.2) is 18.5 Å². The molecule has 0 spiro atoms. The molecule has 0 bridgehead atoms. The number of thiophene rings is 1. The van der Waals surface area contributed by atoms with Crippen LogP contribution in [0.3, 0.4) is 0 Å². The molecule has 2 aromatic heterocycles. The van der Waals surface area contributed by atoms with Gasteiger partial charge in [-0.05, 0) is 38.0 Å². The van der Waals surface area contributed by atoms with Crippen LogP contribution in [-0.4, -0.2) is 24.2 Å². The highest BCUT2D eigenvalue weighted by Crippen LogP contribution is 2.37. The van der Waals surface area contributed by atoms with Gasteiger partial charge in [-0.2, -0.15) is 0 Å². The summed E-state index contributed by atoms with van der Waals surface area (Å²) < 4.78 is 10.7. The predicted molar refractivity (Wildman–Crippen MR) is 94.5 cm³/mol. The third kappa shape index (κ3) is 2.70. The van der Waals surface area contributed by atoms with Crippen molar-refractivity contribution in [2.75, 3.05) is 19.5 Å². The summed E-state index contributed by atoms with van der Waals surface area (Å²) in [5, 5.41) is 4.49. The van der Waals surface area contributed by atoms with E-state index in [9.17, 15) is 0 Å². The Labute approximate surface area is 139 Å². The zero-order valence-electron chi connectivity index (χ0n) is 13.9. The summed E-state index contributed by atoms with van der Waals surface area (Å²) in [6.07, 6.45) is 1.59. The van der Waals surface area contributed by atoms with Crippen molar-refractivity contribution in [2.24, 2.45) is 0 Å². The first kappa shape index (κ1) is 15.6. The van der Waals surface area contributed by atoms with E-state index >= 15 is 0 Å². The van der Waals surface area contributed by atoms with Crippen LogP contribution in [0.25, 0.3) is 10.2 Å². The van der Waals surface area contributed by atoms with E-state index in [1.54, 1.807) is 31.9 Å². The van der Waals surface area contributed by atoms with Gasteiger partial charge in [-0.1, -0.05) is 0 Å². The van der Waals surface area contributed by atoms with Gasteiger partial charge in [0.15, 0.2) is 11.5 Å². The molecule has 0 aliphatic carbocycles. The molecule has 3 aromatic rings. The number of methoxy groups -OCH3 is 2. The molecule has 120 valence electrons. The van der Waals surface area contributed by atoms with Gasteiger partial charge in [-0.15, -0.1) is 11.3 Å². The van der Waals surface area contributed by atoms with Crippen molar-refractivity contribution in [1.29, 1.82) is 0 Å². The van der Waals surface area contributed by atoms with Crippen LogP contribution in [0.5, 0.6) is 11.5 Å². The van der Waals surface area contributed by atoms with Gasteiger partial charge in [0.2, 0.25) is 0 Å². The molecule has 0 amide bonds. The number of hydrogen-bond donors (Lipinski definition) is 1. The maximum atomic E-state index is 5.39. The smallest absolute Gasteiger partial charge is 0.162 e. The average molecular weight is 329 g/mol. The zero-order chi connectivity index (χ0) is 16.6. The third-order valence-electron chi connectivity index (χ3n) is 3.95. The molecular formula is C17H19N3O2S. The van der Waals surface area contributed by atoms with E-state index in [2.05, 4.69) is 29.1 Å². The van der Waals surface area contributed by atoms with Crippen molar-refractivity contribution < 1.29 is 9.47 Å². The molecule has 0 radical (unpaired) electrons. The Balaban J connectivity index is 2.09. The monoisotopic (exact) mass is 329 g/mol. The quantitative estimate of drug-likeness (QED) is 0.770.